The Morgan fingerprint density at radius 1 is 1.19 bits per heavy atom. The first kappa shape index (κ1) is 21.5. The zero-order valence-electron chi connectivity index (χ0n) is 17.5. The van der Waals surface area contributed by atoms with Crippen molar-refractivity contribution in [1.82, 2.24) is 15.2 Å². The van der Waals surface area contributed by atoms with Crippen LogP contribution in [-0.2, 0) is 11.3 Å². The number of benzene rings is 2. The van der Waals surface area contributed by atoms with E-state index < -0.39 is 6.04 Å². The predicted molar refractivity (Wildman–Crippen MR) is 124 cm³/mol. The van der Waals surface area contributed by atoms with Crippen molar-refractivity contribution >= 4 is 34.8 Å². The van der Waals surface area contributed by atoms with E-state index in [2.05, 4.69) is 10.3 Å². The Labute approximate surface area is 191 Å². The molecule has 1 unspecified atom stereocenters. The summed E-state index contributed by atoms with van der Waals surface area (Å²) in [7, 11) is 0. The van der Waals surface area contributed by atoms with E-state index in [0.29, 0.717) is 30.1 Å². The van der Waals surface area contributed by atoms with Crippen LogP contribution in [0.3, 0.4) is 0 Å². The third-order valence-corrected chi connectivity index (χ3v) is 6.97. The number of halogens is 1. The smallest absolute Gasteiger partial charge is 0.256 e. The molecule has 1 aromatic heterocycles. The normalized spacial score (nSPS) is 15.8. The van der Waals surface area contributed by atoms with E-state index in [1.807, 2.05) is 55.8 Å². The Bertz CT molecular complexity index is 1090. The number of likely N-dealkylation sites (tertiary alicyclic amines) is 1. The third kappa shape index (κ3) is 4.50. The Balaban J connectivity index is 1.41. The molecule has 1 saturated heterocycles. The molecule has 2 heterocycles. The zero-order chi connectivity index (χ0) is 22.0. The number of hydrogen-bond acceptors (Lipinski definition) is 4. The highest BCUT2D eigenvalue weighted by molar-refractivity contribution is 7.13. The van der Waals surface area contributed by atoms with E-state index in [0.717, 1.165) is 33.7 Å². The van der Waals surface area contributed by atoms with Crippen molar-refractivity contribution in [3.05, 3.63) is 75.4 Å². The maximum atomic E-state index is 13.1. The molecule has 0 bridgehead atoms. The van der Waals surface area contributed by atoms with Crippen LogP contribution in [0.2, 0.25) is 5.02 Å². The summed E-state index contributed by atoms with van der Waals surface area (Å²) in [6.45, 7) is 4.84. The van der Waals surface area contributed by atoms with Gasteiger partial charge in [-0.15, -0.1) is 11.3 Å². The Hall–Kier alpha value is -2.70. The van der Waals surface area contributed by atoms with Gasteiger partial charge in [-0.1, -0.05) is 48.0 Å². The van der Waals surface area contributed by atoms with Crippen molar-refractivity contribution < 1.29 is 9.59 Å². The SMILES string of the molecule is Cc1cccc(Cl)c1C(=O)N1CCCC1C(=O)NCc1ccc(-c2scnc2C)cc1. The molecule has 5 nitrogen and oxygen atoms in total. The molecule has 0 radical (unpaired) electrons. The Morgan fingerprint density at radius 2 is 1.97 bits per heavy atom. The van der Waals surface area contributed by atoms with Crippen LogP contribution in [0.1, 0.15) is 40.0 Å². The third-order valence-electron chi connectivity index (χ3n) is 5.68. The van der Waals surface area contributed by atoms with Gasteiger partial charge in [-0.25, -0.2) is 4.98 Å². The van der Waals surface area contributed by atoms with Crippen LogP contribution in [0.15, 0.2) is 48.0 Å². The van der Waals surface area contributed by atoms with Crippen molar-refractivity contribution in [3.63, 3.8) is 0 Å². The summed E-state index contributed by atoms with van der Waals surface area (Å²) in [6.07, 6.45) is 1.46. The number of nitrogens with zero attached hydrogens (tertiary/aromatic N) is 2. The average molecular weight is 454 g/mol. The lowest BCUT2D eigenvalue weighted by Crippen LogP contribution is -2.46. The quantitative estimate of drug-likeness (QED) is 0.591. The lowest BCUT2D eigenvalue weighted by atomic mass is 10.1. The van der Waals surface area contributed by atoms with Gasteiger partial charge in [-0.2, -0.15) is 0 Å². The molecule has 0 saturated carbocycles. The molecular formula is C24H24ClN3O2S. The van der Waals surface area contributed by atoms with Gasteiger partial charge in [0.1, 0.15) is 6.04 Å². The molecule has 1 fully saturated rings. The van der Waals surface area contributed by atoms with E-state index in [4.69, 9.17) is 11.6 Å². The fourth-order valence-corrected chi connectivity index (χ4v) is 5.10. The Kier molecular flexibility index (Phi) is 6.39. The van der Waals surface area contributed by atoms with Crippen LogP contribution < -0.4 is 5.32 Å². The van der Waals surface area contributed by atoms with E-state index >= 15 is 0 Å². The first-order chi connectivity index (χ1) is 15.0. The molecule has 2 aromatic carbocycles. The van der Waals surface area contributed by atoms with Gasteiger partial charge in [0.25, 0.3) is 5.91 Å². The van der Waals surface area contributed by atoms with Gasteiger partial charge in [0, 0.05) is 13.1 Å². The first-order valence-corrected chi connectivity index (χ1v) is 11.5. The van der Waals surface area contributed by atoms with Gasteiger partial charge in [-0.05, 0) is 49.4 Å². The number of rotatable bonds is 5. The maximum absolute atomic E-state index is 13.1. The van der Waals surface area contributed by atoms with Gasteiger partial charge < -0.3 is 10.2 Å². The molecule has 1 N–H and O–H groups in total. The number of nitrogens with one attached hydrogen (secondary N) is 1. The molecule has 3 aromatic rings. The molecule has 1 atom stereocenters. The van der Waals surface area contributed by atoms with Gasteiger partial charge in [0.15, 0.2) is 0 Å². The molecular weight excluding hydrogens is 430 g/mol. The largest absolute Gasteiger partial charge is 0.350 e. The highest BCUT2D eigenvalue weighted by atomic mass is 35.5. The standard InChI is InChI=1S/C24H24ClN3O2S/c1-15-5-3-6-19(25)21(15)24(30)28-12-4-7-20(28)23(29)26-13-17-8-10-18(11-9-17)22-16(2)27-14-31-22/h3,5-6,8-11,14,20H,4,7,12-13H2,1-2H3,(H,26,29). The number of aryl methyl sites for hydroxylation is 2. The second-order valence-electron chi connectivity index (χ2n) is 7.77. The average Bonchev–Trinajstić information content (AvgIpc) is 3.41. The second kappa shape index (κ2) is 9.20. The van der Waals surface area contributed by atoms with Crippen molar-refractivity contribution in [2.24, 2.45) is 0 Å². The minimum atomic E-state index is -0.470. The molecule has 160 valence electrons. The zero-order valence-corrected chi connectivity index (χ0v) is 19.1. The molecule has 7 heteroatoms. The van der Waals surface area contributed by atoms with E-state index in [-0.39, 0.29) is 11.8 Å². The summed E-state index contributed by atoms with van der Waals surface area (Å²) in [6, 6.07) is 13.1. The van der Waals surface area contributed by atoms with Crippen LogP contribution in [0, 0.1) is 13.8 Å². The molecule has 0 spiro atoms. The maximum Gasteiger partial charge on any atom is 0.256 e. The van der Waals surface area contributed by atoms with Crippen molar-refractivity contribution in [1.29, 1.82) is 0 Å². The number of carbonyl (C=O) groups is 2. The number of amides is 2. The molecule has 4 rings (SSSR count). The monoisotopic (exact) mass is 453 g/mol. The highest BCUT2D eigenvalue weighted by Gasteiger charge is 2.35. The second-order valence-corrected chi connectivity index (χ2v) is 9.03. The van der Waals surface area contributed by atoms with Crippen LogP contribution in [-0.4, -0.2) is 34.3 Å². The fraction of sp³-hybridized carbons (Fsp3) is 0.292. The van der Waals surface area contributed by atoms with Crippen molar-refractivity contribution in [2.45, 2.75) is 39.3 Å². The molecule has 1 aliphatic rings. The minimum Gasteiger partial charge on any atom is -0.350 e. The topological polar surface area (TPSA) is 62.3 Å². The molecule has 31 heavy (non-hydrogen) atoms. The van der Waals surface area contributed by atoms with E-state index in [9.17, 15) is 9.59 Å². The number of carbonyl (C=O) groups excluding carboxylic acids is 2. The van der Waals surface area contributed by atoms with E-state index in [1.54, 1.807) is 22.3 Å². The van der Waals surface area contributed by atoms with Gasteiger partial charge in [0.05, 0.1) is 26.7 Å². The van der Waals surface area contributed by atoms with Crippen molar-refractivity contribution in [3.8, 4) is 10.4 Å². The summed E-state index contributed by atoms with van der Waals surface area (Å²) >= 11 is 7.90. The summed E-state index contributed by atoms with van der Waals surface area (Å²) < 4.78 is 0. The molecule has 1 aliphatic heterocycles. The number of hydrogen-bond donors (Lipinski definition) is 1. The van der Waals surface area contributed by atoms with Gasteiger partial charge in [-0.3, -0.25) is 9.59 Å². The minimum absolute atomic E-state index is 0.127. The Morgan fingerprint density at radius 3 is 2.65 bits per heavy atom. The van der Waals surface area contributed by atoms with Gasteiger partial charge in [0.2, 0.25) is 5.91 Å². The van der Waals surface area contributed by atoms with Crippen LogP contribution in [0.5, 0.6) is 0 Å². The summed E-state index contributed by atoms with van der Waals surface area (Å²) in [5.41, 5.74) is 6.30. The first-order valence-electron chi connectivity index (χ1n) is 10.3. The molecule has 2 amide bonds. The predicted octanol–water partition coefficient (Wildman–Crippen LogP) is 5.00. The lowest BCUT2D eigenvalue weighted by Gasteiger charge is -2.25. The molecule has 0 aliphatic carbocycles. The summed E-state index contributed by atoms with van der Waals surface area (Å²) in [5, 5.41) is 3.42. The van der Waals surface area contributed by atoms with Crippen molar-refractivity contribution in [2.75, 3.05) is 6.54 Å². The van der Waals surface area contributed by atoms with Gasteiger partial charge >= 0.3 is 0 Å². The fourth-order valence-electron chi connectivity index (χ4n) is 3.99. The van der Waals surface area contributed by atoms with Crippen LogP contribution in [0.4, 0.5) is 0 Å². The summed E-state index contributed by atoms with van der Waals surface area (Å²) in [4.78, 5) is 33.1. The lowest BCUT2D eigenvalue weighted by molar-refractivity contribution is -0.125. The number of thiazole rings is 1. The van der Waals surface area contributed by atoms with Crippen LogP contribution in [0.25, 0.3) is 10.4 Å². The highest BCUT2D eigenvalue weighted by Crippen LogP contribution is 2.28. The number of aromatic nitrogens is 1. The summed E-state index contributed by atoms with van der Waals surface area (Å²) in [5.74, 6) is -0.303. The van der Waals surface area contributed by atoms with E-state index in [1.165, 1.54) is 0 Å². The van der Waals surface area contributed by atoms with Crippen LogP contribution >= 0.6 is 22.9 Å².